The summed E-state index contributed by atoms with van der Waals surface area (Å²) in [6.07, 6.45) is -0.774. The molecule has 0 heterocycles. The molecule has 0 saturated carbocycles. The van der Waals surface area contributed by atoms with Crippen molar-refractivity contribution in [3.05, 3.63) is 0 Å². The molecule has 0 aliphatic rings. The zero-order valence-electron chi connectivity index (χ0n) is 4.38. The van der Waals surface area contributed by atoms with E-state index < -0.39 is 17.0 Å². The quantitative estimate of drug-likeness (QED) is 0.577. The van der Waals surface area contributed by atoms with E-state index in [1.807, 2.05) is 0 Å². The van der Waals surface area contributed by atoms with E-state index >= 15 is 0 Å². The maximum Gasteiger partial charge on any atom is 0.146 e. The smallest absolute Gasteiger partial charge is 0.146 e. The maximum absolute atomic E-state index is 8.61. The van der Waals surface area contributed by atoms with E-state index in [9.17, 15) is 0 Å². The number of hydrogen-bond donors (Lipinski definition) is 2. The van der Waals surface area contributed by atoms with Crippen LogP contribution >= 0.6 is 23.2 Å². The predicted molar refractivity (Wildman–Crippen MR) is 33.2 cm³/mol. The van der Waals surface area contributed by atoms with Gasteiger partial charge in [-0.25, -0.2) is 0 Å². The predicted octanol–water partition coefficient (Wildman–Crippen LogP) is 0.532. The van der Waals surface area contributed by atoms with E-state index in [2.05, 4.69) is 0 Å². The highest BCUT2D eigenvalue weighted by molar-refractivity contribution is 6.29. The molecule has 0 aromatic carbocycles. The molecule has 0 fully saturated rings. The molecule has 0 spiro atoms. The lowest BCUT2D eigenvalue weighted by molar-refractivity contribution is 0.137. The lowest BCUT2D eigenvalue weighted by Crippen LogP contribution is -2.26. The number of alkyl halides is 2. The van der Waals surface area contributed by atoms with Gasteiger partial charge in [0.15, 0.2) is 0 Å². The summed E-state index contributed by atoms with van der Waals surface area (Å²) in [6, 6.07) is 0. The topological polar surface area (TPSA) is 40.5 Å². The molecule has 0 bridgehead atoms. The van der Waals surface area contributed by atoms with Gasteiger partial charge in [-0.15, -0.1) is 11.6 Å². The highest BCUT2D eigenvalue weighted by Gasteiger charge is 2.17. The van der Waals surface area contributed by atoms with Crippen molar-refractivity contribution in [3.8, 4) is 0 Å². The van der Waals surface area contributed by atoms with Crippen LogP contribution in [0.5, 0.6) is 0 Å². The van der Waals surface area contributed by atoms with Crippen molar-refractivity contribution in [2.24, 2.45) is 0 Å². The first-order valence-electron chi connectivity index (χ1n) is 2.20. The Morgan fingerprint density at radius 3 is 1.62 bits per heavy atom. The number of hydrogen-bond acceptors (Lipinski definition) is 2. The normalized spacial score (nSPS) is 22.1. The molecule has 2 N–H and O–H groups in total. The molecule has 8 heavy (non-hydrogen) atoms. The second-order valence-electron chi connectivity index (χ2n) is 1.56. The summed E-state index contributed by atoms with van der Waals surface area (Å²) in [4.78, 5) is 0. The van der Waals surface area contributed by atoms with Crippen molar-refractivity contribution in [3.63, 3.8) is 0 Å². The van der Waals surface area contributed by atoms with Gasteiger partial charge < -0.3 is 10.2 Å². The van der Waals surface area contributed by atoms with Gasteiger partial charge in [-0.1, -0.05) is 11.6 Å². The van der Waals surface area contributed by atoms with E-state index in [4.69, 9.17) is 33.4 Å². The van der Waals surface area contributed by atoms with Gasteiger partial charge in [0.1, 0.15) is 5.56 Å². The van der Waals surface area contributed by atoms with Crippen LogP contribution in [0, 0.1) is 0 Å². The Hall–Kier alpha value is 0.500. The van der Waals surface area contributed by atoms with Crippen LogP contribution in [-0.2, 0) is 0 Å². The van der Waals surface area contributed by atoms with Crippen LogP contribution in [0.4, 0.5) is 0 Å². The van der Waals surface area contributed by atoms with Gasteiger partial charge in [0.05, 0.1) is 11.5 Å². The van der Waals surface area contributed by atoms with Crippen LogP contribution in [0.3, 0.4) is 0 Å². The highest BCUT2D eigenvalue weighted by atomic mass is 35.5. The van der Waals surface area contributed by atoms with E-state index in [1.54, 1.807) is 0 Å². The third kappa shape index (κ3) is 2.72. The maximum atomic E-state index is 8.61. The first-order valence-corrected chi connectivity index (χ1v) is 3.07. The molecule has 3 atom stereocenters. The van der Waals surface area contributed by atoms with Gasteiger partial charge in [-0.3, -0.25) is 0 Å². The van der Waals surface area contributed by atoms with Crippen molar-refractivity contribution < 1.29 is 10.2 Å². The molecule has 3 unspecified atom stereocenters. The van der Waals surface area contributed by atoms with Gasteiger partial charge in [-0.2, -0.15) is 0 Å². The molecule has 0 aliphatic carbocycles. The summed E-state index contributed by atoms with van der Waals surface area (Å²) >= 11 is 10.4. The average Bonchev–Trinajstić information content (AvgIpc) is 1.64. The summed E-state index contributed by atoms with van der Waals surface area (Å²) in [5.41, 5.74) is -1.17. The van der Waals surface area contributed by atoms with Crippen molar-refractivity contribution >= 4 is 23.2 Å². The van der Waals surface area contributed by atoms with Gasteiger partial charge in [0.25, 0.3) is 0 Å². The van der Waals surface area contributed by atoms with Gasteiger partial charge in [0.2, 0.25) is 0 Å². The minimum absolute atomic E-state index is 0.774. The highest BCUT2D eigenvalue weighted by Crippen LogP contribution is 2.10. The molecular formula is C4H8Cl2O2. The minimum Gasteiger partial charge on any atom is -0.392 e. The van der Waals surface area contributed by atoms with E-state index in [0.717, 1.165) is 0 Å². The Balaban J connectivity index is 3.46. The lowest BCUT2D eigenvalue weighted by Gasteiger charge is -2.12. The second-order valence-corrected chi connectivity index (χ2v) is 2.51. The van der Waals surface area contributed by atoms with Crippen LogP contribution in [-0.4, -0.2) is 27.3 Å². The summed E-state index contributed by atoms with van der Waals surface area (Å²) in [7, 11) is 0. The molecule has 0 radical (unpaired) electrons. The standard InChI is InChI=1S/C4H8Cl2O2/c1-2(7)3(5)4(6)8/h2-4,7-8H,1H3. The molecule has 0 rings (SSSR count). The number of halogens is 2. The Morgan fingerprint density at radius 2 is 1.62 bits per heavy atom. The second kappa shape index (κ2) is 3.51. The number of aliphatic hydroxyl groups excluding tert-OH is 2. The fraction of sp³-hybridized carbons (Fsp3) is 1.00. The largest absolute Gasteiger partial charge is 0.392 e. The van der Waals surface area contributed by atoms with Crippen molar-refractivity contribution in [1.82, 2.24) is 0 Å². The molecule has 50 valence electrons. The van der Waals surface area contributed by atoms with Crippen LogP contribution in [0.1, 0.15) is 6.92 Å². The summed E-state index contributed by atoms with van der Waals surface area (Å²) in [5.74, 6) is 0. The van der Waals surface area contributed by atoms with Gasteiger partial charge in [0, 0.05) is 0 Å². The first kappa shape index (κ1) is 8.50. The van der Waals surface area contributed by atoms with Gasteiger partial charge in [-0.05, 0) is 6.92 Å². The van der Waals surface area contributed by atoms with Crippen LogP contribution in [0.25, 0.3) is 0 Å². The summed E-state index contributed by atoms with van der Waals surface area (Å²) < 4.78 is 0. The van der Waals surface area contributed by atoms with Gasteiger partial charge >= 0.3 is 0 Å². The Labute approximate surface area is 58.0 Å². The molecule has 2 nitrogen and oxygen atoms in total. The fourth-order valence-corrected chi connectivity index (χ4v) is 0.440. The van der Waals surface area contributed by atoms with Crippen LogP contribution in [0.2, 0.25) is 0 Å². The molecule has 0 amide bonds. The molecule has 0 aromatic rings. The minimum atomic E-state index is -1.17. The van der Waals surface area contributed by atoms with Crippen LogP contribution < -0.4 is 0 Å². The third-order valence-corrected chi connectivity index (χ3v) is 1.73. The monoisotopic (exact) mass is 158 g/mol. The molecular weight excluding hydrogens is 151 g/mol. The summed E-state index contributed by atoms with van der Waals surface area (Å²) in [6.45, 7) is 1.46. The fourth-order valence-electron chi connectivity index (χ4n) is 0.230. The summed E-state index contributed by atoms with van der Waals surface area (Å²) in [5, 5.41) is 16.3. The SMILES string of the molecule is CC(O)C(Cl)C(O)Cl. The molecule has 0 saturated heterocycles. The van der Waals surface area contributed by atoms with E-state index in [-0.39, 0.29) is 0 Å². The zero-order valence-corrected chi connectivity index (χ0v) is 5.89. The third-order valence-electron chi connectivity index (χ3n) is 0.724. The van der Waals surface area contributed by atoms with Crippen molar-refractivity contribution in [1.29, 1.82) is 0 Å². The average molecular weight is 159 g/mol. The Morgan fingerprint density at radius 1 is 1.25 bits per heavy atom. The van der Waals surface area contributed by atoms with E-state index in [0.29, 0.717) is 0 Å². The van der Waals surface area contributed by atoms with Crippen molar-refractivity contribution in [2.45, 2.75) is 24.0 Å². The lowest BCUT2D eigenvalue weighted by atomic mass is 10.3. The first-order chi connectivity index (χ1) is 3.55. The molecule has 0 aromatic heterocycles. The molecule has 4 heteroatoms. The zero-order chi connectivity index (χ0) is 6.73. The Bertz CT molecular complexity index is 57.1. The molecule has 0 aliphatic heterocycles. The van der Waals surface area contributed by atoms with Crippen molar-refractivity contribution in [2.75, 3.05) is 0 Å². The number of rotatable bonds is 2. The number of aliphatic hydroxyl groups is 2. The van der Waals surface area contributed by atoms with E-state index in [1.165, 1.54) is 6.92 Å². The Kier molecular flexibility index (Phi) is 3.73. The van der Waals surface area contributed by atoms with Crippen LogP contribution in [0.15, 0.2) is 0 Å².